The highest BCUT2D eigenvalue weighted by Crippen LogP contribution is 2.26. The lowest BCUT2D eigenvalue weighted by Gasteiger charge is -2.36. The zero-order chi connectivity index (χ0) is 20.2. The first-order chi connectivity index (χ1) is 14.2. The zero-order valence-electron chi connectivity index (χ0n) is 16.7. The molecule has 0 N–H and O–H groups in total. The van der Waals surface area contributed by atoms with Gasteiger partial charge in [0.15, 0.2) is 0 Å². The number of anilines is 1. The molecule has 0 amide bonds. The van der Waals surface area contributed by atoms with Crippen molar-refractivity contribution in [2.45, 2.75) is 13.0 Å². The monoisotopic (exact) mass is 411 g/mol. The maximum Gasteiger partial charge on any atom is 0.340 e. The van der Waals surface area contributed by atoms with E-state index in [1.165, 1.54) is 7.11 Å². The number of aryl methyl sites for hydroxylation is 1. The molecule has 29 heavy (non-hydrogen) atoms. The van der Waals surface area contributed by atoms with E-state index < -0.39 is 0 Å². The summed E-state index contributed by atoms with van der Waals surface area (Å²) in [7, 11) is 1.43. The second-order valence-electron chi connectivity index (χ2n) is 7.38. The summed E-state index contributed by atoms with van der Waals surface area (Å²) in [5.41, 5.74) is 2.84. The van der Waals surface area contributed by atoms with Gasteiger partial charge in [-0.1, -0.05) is 41.9 Å². The SMILES string of the molecule is COC(=O)c1cn(CCCN2CCN(c3ccccc3Cl)CC2)c2ccccc12. The van der Waals surface area contributed by atoms with Crippen molar-refractivity contribution in [3.63, 3.8) is 0 Å². The fourth-order valence-corrected chi connectivity index (χ4v) is 4.34. The van der Waals surface area contributed by atoms with Gasteiger partial charge in [0.1, 0.15) is 0 Å². The molecule has 0 saturated carbocycles. The molecule has 0 spiro atoms. The van der Waals surface area contributed by atoms with E-state index in [1.54, 1.807) is 0 Å². The topological polar surface area (TPSA) is 37.7 Å². The molecule has 0 aliphatic carbocycles. The van der Waals surface area contributed by atoms with Gasteiger partial charge in [-0.25, -0.2) is 4.79 Å². The number of rotatable bonds is 6. The molecular weight excluding hydrogens is 386 g/mol. The number of esters is 1. The molecule has 0 unspecified atom stereocenters. The summed E-state index contributed by atoms with van der Waals surface area (Å²) in [4.78, 5) is 16.9. The third-order valence-corrected chi connectivity index (χ3v) is 5.95. The molecule has 0 bridgehead atoms. The summed E-state index contributed by atoms with van der Waals surface area (Å²) >= 11 is 6.34. The van der Waals surface area contributed by atoms with Gasteiger partial charge < -0.3 is 14.2 Å². The number of benzene rings is 2. The molecule has 3 aromatic rings. The van der Waals surface area contributed by atoms with Crippen molar-refractivity contribution < 1.29 is 9.53 Å². The Morgan fingerprint density at radius 1 is 1.00 bits per heavy atom. The molecular formula is C23H26ClN3O2. The number of aromatic nitrogens is 1. The van der Waals surface area contributed by atoms with E-state index in [1.807, 2.05) is 42.6 Å². The summed E-state index contributed by atoms with van der Waals surface area (Å²) in [6.07, 6.45) is 2.96. The first-order valence-corrected chi connectivity index (χ1v) is 10.4. The van der Waals surface area contributed by atoms with Crippen LogP contribution < -0.4 is 4.90 Å². The third-order valence-electron chi connectivity index (χ3n) is 5.63. The van der Waals surface area contributed by atoms with Crippen molar-refractivity contribution in [3.8, 4) is 0 Å². The molecule has 5 nitrogen and oxygen atoms in total. The Hall–Kier alpha value is -2.50. The average Bonchev–Trinajstić information content (AvgIpc) is 3.13. The Balaban J connectivity index is 1.34. The molecule has 0 radical (unpaired) electrons. The van der Waals surface area contributed by atoms with Gasteiger partial charge in [-0.05, 0) is 31.2 Å². The van der Waals surface area contributed by atoms with Crippen molar-refractivity contribution in [3.05, 3.63) is 65.3 Å². The molecule has 1 aliphatic heterocycles. The second kappa shape index (κ2) is 8.89. The van der Waals surface area contributed by atoms with Gasteiger partial charge in [0.25, 0.3) is 0 Å². The third kappa shape index (κ3) is 4.26. The minimum atomic E-state index is -0.282. The quantitative estimate of drug-likeness (QED) is 0.567. The van der Waals surface area contributed by atoms with Crippen molar-refractivity contribution in [2.24, 2.45) is 0 Å². The van der Waals surface area contributed by atoms with Crippen LogP contribution in [0.4, 0.5) is 5.69 Å². The molecule has 4 rings (SSSR count). The van der Waals surface area contributed by atoms with Crippen LogP contribution in [0.1, 0.15) is 16.8 Å². The smallest absolute Gasteiger partial charge is 0.340 e. The number of methoxy groups -OCH3 is 1. The van der Waals surface area contributed by atoms with Gasteiger partial charge in [-0.3, -0.25) is 4.90 Å². The van der Waals surface area contributed by atoms with E-state index in [0.717, 1.165) is 67.3 Å². The molecule has 0 atom stereocenters. The number of piperazine rings is 1. The van der Waals surface area contributed by atoms with E-state index in [2.05, 4.69) is 26.5 Å². The average molecular weight is 412 g/mol. The van der Waals surface area contributed by atoms with E-state index in [4.69, 9.17) is 16.3 Å². The Morgan fingerprint density at radius 2 is 1.72 bits per heavy atom. The van der Waals surface area contributed by atoms with Crippen LogP contribution in [0.5, 0.6) is 0 Å². The van der Waals surface area contributed by atoms with Crippen LogP contribution in [0.3, 0.4) is 0 Å². The van der Waals surface area contributed by atoms with Crippen LogP contribution in [-0.4, -0.2) is 55.3 Å². The Morgan fingerprint density at radius 3 is 2.48 bits per heavy atom. The Kier molecular flexibility index (Phi) is 6.07. The number of fused-ring (bicyclic) bond motifs is 1. The summed E-state index contributed by atoms with van der Waals surface area (Å²) in [5.74, 6) is -0.282. The largest absolute Gasteiger partial charge is 0.465 e. The van der Waals surface area contributed by atoms with Gasteiger partial charge in [0, 0.05) is 49.8 Å². The second-order valence-corrected chi connectivity index (χ2v) is 7.79. The van der Waals surface area contributed by atoms with E-state index in [-0.39, 0.29) is 5.97 Å². The van der Waals surface area contributed by atoms with Gasteiger partial charge in [-0.15, -0.1) is 0 Å². The maximum atomic E-state index is 12.1. The molecule has 6 heteroatoms. The predicted octanol–water partition coefficient (Wildman–Crippen LogP) is 4.29. The maximum absolute atomic E-state index is 12.1. The summed E-state index contributed by atoms with van der Waals surface area (Å²) in [6.45, 7) is 5.96. The number of hydrogen-bond acceptors (Lipinski definition) is 4. The lowest BCUT2D eigenvalue weighted by atomic mass is 10.2. The van der Waals surface area contributed by atoms with Crippen molar-refractivity contribution in [2.75, 3.05) is 44.7 Å². The number of carbonyl (C=O) groups is 1. The normalized spacial score (nSPS) is 15.0. The number of halogens is 1. The van der Waals surface area contributed by atoms with Crippen LogP contribution in [-0.2, 0) is 11.3 Å². The molecule has 1 aromatic heterocycles. The molecule has 152 valence electrons. The standard InChI is InChI=1S/C23H26ClN3O2/c1-29-23(28)19-17-27(21-9-4-2-7-18(19)21)12-6-11-25-13-15-26(16-14-25)22-10-5-3-8-20(22)24/h2-5,7-10,17H,6,11-16H2,1H3. The van der Waals surface area contributed by atoms with Crippen LogP contribution in [0.25, 0.3) is 10.9 Å². The summed E-state index contributed by atoms with van der Waals surface area (Å²) in [5, 5.41) is 1.77. The van der Waals surface area contributed by atoms with Gasteiger partial charge in [0.05, 0.1) is 23.4 Å². The zero-order valence-corrected chi connectivity index (χ0v) is 17.4. The first-order valence-electron chi connectivity index (χ1n) is 10.1. The van der Waals surface area contributed by atoms with Crippen molar-refractivity contribution in [1.82, 2.24) is 9.47 Å². The fourth-order valence-electron chi connectivity index (χ4n) is 4.09. The molecule has 2 aromatic carbocycles. The Labute approximate surface area is 176 Å². The highest BCUT2D eigenvalue weighted by atomic mass is 35.5. The minimum Gasteiger partial charge on any atom is -0.465 e. The minimum absolute atomic E-state index is 0.282. The molecule has 2 heterocycles. The van der Waals surface area contributed by atoms with Gasteiger partial charge in [0.2, 0.25) is 0 Å². The van der Waals surface area contributed by atoms with E-state index in [0.29, 0.717) is 5.56 Å². The molecule has 1 saturated heterocycles. The fraction of sp³-hybridized carbons (Fsp3) is 0.348. The van der Waals surface area contributed by atoms with E-state index >= 15 is 0 Å². The molecule has 1 aliphatic rings. The highest BCUT2D eigenvalue weighted by molar-refractivity contribution is 6.33. The Bertz CT molecular complexity index is 993. The first kappa shape index (κ1) is 19.8. The summed E-state index contributed by atoms with van der Waals surface area (Å²) < 4.78 is 7.11. The lowest BCUT2D eigenvalue weighted by Crippen LogP contribution is -2.46. The van der Waals surface area contributed by atoms with E-state index in [9.17, 15) is 4.79 Å². The van der Waals surface area contributed by atoms with Crippen LogP contribution in [0.15, 0.2) is 54.7 Å². The van der Waals surface area contributed by atoms with Gasteiger partial charge >= 0.3 is 5.97 Å². The number of para-hydroxylation sites is 2. The van der Waals surface area contributed by atoms with Crippen LogP contribution >= 0.6 is 11.6 Å². The van der Waals surface area contributed by atoms with Crippen molar-refractivity contribution >= 4 is 34.2 Å². The number of ether oxygens (including phenoxy) is 1. The van der Waals surface area contributed by atoms with Crippen LogP contribution in [0, 0.1) is 0 Å². The number of nitrogens with zero attached hydrogens (tertiary/aromatic N) is 3. The number of carbonyl (C=O) groups excluding carboxylic acids is 1. The van der Waals surface area contributed by atoms with Gasteiger partial charge in [-0.2, -0.15) is 0 Å². The lowest BCUT2D eigenvalue weighted by molar-refractivity contribution is 0.0602. The molecule has 1 fully saturated rings. The predicted molar refractivity (Wildman–Crippen MR) is 118 cm³/mol. The number of hydrogen-bond donors (Lipinski definition) is 0. The van der Waals surface area contributed by atoms with Crippen LogP contribution in [0.2, 0.25) is 5.02 Å². The summed E-state index contributed by atoms with van der Waals surface area (Å²) in [6, 6.07) is 16.1. The van der Waals surface area contributed by atoms with Crippen molar-refractivity contribution in [1.29, 1.82) is 0 Å². The highest BCUT2D eigenvalue weighted by Gasteiger charge is 2.19.